The fourth-order valence-electron chi connectivity index (χ4n) is 1.61. The smallest absolute Gasteiger partial charge is 0.282 e. The molecule has 0 spiro atoms. The van der Waals surface area contributed by atoms with Gasteiger partial charge in [0, 0.05) is 11.5 Å². The van der Waals surface area contributed by atoms with E-state index in [9.17, 15) is 16.8 Å². The first kappa shape index (κ1) is 13.0. The second-order valence-corrected chi connectivity index (χ2v) is 6.20. The molecule has 2 aromatic carbocycles. The minimum Gasteiger partial charge on any atom is -0.282 e. The first-order valence-corrected chi connectivity index (χ1v) is 7.47. The molecule has 0 aliphatic heterocycles. The average molecular weight is 287 g/mol. The lowest BCUT2D eigenvalue weighted by Gasteiger charge is -2.07. The fourth-order valence-corrected chi connectivity index (χ4v) is 3.55. The Bertz CT molecular complexity index is 821. The normalized spacial score (nSPS) is 12.8. The van der Waals surface area contributed by atoms with Gasteiger partial charge in [0.1, 0.15) is 9.79 Å². The van der Waals surface area contributed by atoms with Crippen LogP contribution in [0.15, 0.2) is 40.1 Å². The third-order valence-electron chi connectivity index (χ3n) is 2.29. The van der Waals surface area contributed by atoms with Crippen LogP contribution in [0, 0.1) is 6.07 Å². The summed E-state index contributed by atoms with van der Waals surface area (Å²) in [5.41, 5.74) is 0. The quantitative estimate of drug-likeness (QED) is 0.801. The minimum absolute atomic E-state index is 0.00799. The topological polar surface area (TPSA) is 109 Å². The Hall–Kier alpha value is -1.48. The summed E-state index contributed by atoms with van der Waals surface area (Å²) in [4.78, 5) is -1.84. The summed E-state index contributed by atoms with van der Waals surface area (Å²) in [5, 5.41) is 0.365. The Kier molecular flexibility index (Phi) is 2.90. The van der Waals surface area contributed by atoms with Gasteiger partial charge in [-0.1, -0.05) is 24.3 Å². The molecule has 2 rings (SSSR count). The second-order valence-electron chi connectivity index (χ2n) is 3.48. The van der Waals surface area contributed by atoms with Gasteiger partial charge in [-0.15, -0.1) is 0 Å². The van der Waals surface area contributed by atoms with Gasteiger partial charge in [-0.2, -0.15) is 16.8 Å². The summed E-state index contributed by atoms with van der Waals surface area (Å²) in [6.45, 7) is 0. The monoisotopic (exact) mass is 287 g/mol. The van der Waals surface area contributed by atoms with E-state index in [0.717, 1.165) is 0 Å². The van der Waals surface area contributed by atoms with Gasteiger partial charge in [-0.3, -0.25) is 9.11 Å². The standard InChI is InChI=1S/C10H7O6S2/c11-17(12,13)9-6-5-7-3-1-2-4-8(7)10(9)18(14,15)16/h1-5H,(H,11,12,13)(H,14,15,16). The van der Waals surface area contributed by atoms with Crippen molar-refractivity contribution in [2.75, 3.05) is 0 Å². The van der Waals surface area contributed by atoms with Crippen molar-refractivity contribution in [1.29, 1.82) is 0 Å². The molecule has 2 aromatic rings. The third-order valence-corrected chi connectivity index (χ3v) is 4.19. The first-order valence-electron chi connectivity index (χ1n) is 4.59. The Balaban J connectivity index is 3.08. The molecule has 0 saturated carbocycles. The molecular weight excluding hydrogens is 280 g/mol. The van der Waals surface area contributed by atoms with Gasteiger partial charge >= 0.3 is 0 Å². The van der Waals surface area contributed by atoms with E-state index in [0.29, 0.717) is 5.39 Å². The first-order chi connectivity index (χ1) is 8.21. The highest BCUT2D eigenvalue weighted by atomic mass is 32.2. The zero-order chi connectivity index (χ0) is 13.6. The summed E-state index contributed by atoms with van der Waals surface area (Å²) >= 11 is 0. The zero-order valence-corrected chi connectivity index (χ0v) is 10.4. The molecule has 0 fully saturated rings. The molecule has 0 bridgehead atoms. The molecule has 0 aliphatic rings. The maximum absolute atomic E-state index is 11.3. The van der Waals surface area contributed by atoms with E-state index < -0.39 is 30.0 Å². The lowest BCUT2D eigenvalue weighted by Crippen LogP contribution is -2.09. The van der Waals surface area contributed by atoms with E-state index in [1.165, 1.54) is 24.3 Å². The average Bonchev–Trinajstić information content (AvgIpc) is 2.24. The molecule has 0 aliphatic carbocycles. The molecule has 0 atom stereocenters. The summed E-state index contributed by atoms with van der Waals surface area (Å²) in [5.74, 6) is 0. The molecule has 0 heterocycles. The maximum Gasteiger partial charge on any atom is 0.296 e. The van der Waals surface area contributed by atoms with Gasteiger partial charge in [-0.25, -0.2) is 0 Å². The highest BCUT2D eigenvalue weighted by Gasteiger charge is 2.26. The van der Waals surface area contributed by atoms with E-state index in [2.05, 4.69) is 6.07 Å². The summed E-state index contributed by atoms with van der Waals surface area (Å²) in [6.07, 6.45) is 0. The number of hydrogen-bond acceptors (Lipinski definition) is 4. The lowest BCUT2D eigenvalue weighted by atomic mass is 10.1. The number of rotatable bonds is 2. The summed E-state index contributed by atoms with van der Waals surface area (Å²) in [7, 11) is -9.62. The molecule has 0 amide bonds. The van der Waals surface area contributed by atoms with Gasteiger partial charge in [0.25, 0.3) is 20.2 Å². The van der Waals surface area contributed by atoms with Gasteiger partial charge in [0.2, 0.25) is 0 Å². The van der Waals surface area contributed by atoms with Crippen molar-refractivity contribution in [2.45, 2.75) is 9.79 Å². The van der Waals surface area contributed by atoms with Gasteiger partial charge in [0.15, 0.2) is 0 Å². The van der Waals surface area contributed by atoms with Crippen molar-refractivity contribution >= 4 is 31.0 Å². The SMILES string of the molecule is O=S(=O)(O)c1[c]cc2ccccc2c1S(=O)(=O)O. The van der Waals surface area contributed by atoms with Crippen molar-refractivity contribution in [3.05, 3.63) is 36.4 Å². The largest absolute Gasteiger partial charge is 0.296 e. The van der Waals surface area contributed by atoms with Gasteiger partial charge in [0.05, 0.1) is 0 Å². The van der Waals surface area contributed by atoms with Crippen molar-refractivity contribution in [1.82, 2.24) is 0 Å². The molecule has 0 unspecified atom stereocenters. The Labute approximate surface area is 103 Å². The molecule has 0 saturated heterocycles. The molecule has 1 radical (unpaired) electrons. The lowest BCUT2D eigenvalue weighted by molar-refractivity contribution is 0.467. The van der Waals surface area contributed by atoms with Crippen molar-refractivity contribution in [3.8, 4) is 0 Å². The van der Waals surface area contributed by atoms with E-state index >= 15 is 0 Å². The Morgan fingerprint density at radius 2 is 1.56 bits per heavy atom. The van der Waals surface area contributed by atoms with Crippen LogP contribution in [0.25, 0.3) is 10.8 Å². The highest BCUT2D eigenvalue weighted by molar-refractivity contribution is 7.89. The van der Waals surface area contributed by atoms with Gasteiger partial charge < -0.3 is 0 Å². The summed E-state index contributed by atoms with van der Waals surface area (Å²) in [6, 6.07) is 9.29. The van der Waals surface area contributed by atoms with Crippen molar-refractivity contribution in [3.63, 3.8) is 0 Å². The molecule has 18 heavy (non-hydrogen) atoms. The highest BCUT2D eigenvalue weighted by Crippen LogP contribution is 2.29. The van der Waals surface area contributed by atoms with Crippen molar-refractivity contribution < 1.29 is 25.9 Å². The van der Waals surface area contributed by atoms with Crippen LogP contribution in [0.4, 0.5) is 0 Å². The van der Waals surface area contributed by atoms with E-state index in [1.54, 1.807) is 6.07 Å². The molecule has 95 valence electrons. The molecule has 0 aromatic heterocycles. The fraction of sp³-hybridized carbons (Fsp3) is 0. The van der Waals surface area contributed by atoms with Crippen LogP contribution in [0.5, 0.6) is 0 Å². The van der Waals surface area contributed by atoms with Crippen LogP contribution in [0.2, 0.25) is 0 Å². The van der Waals surface area contributed by atoms with E-state index in [4.69, 9.17) is 9.11 Å². The van der Waals surface area contributed by atoms with Crippen LogP contribution in [0.1, 0.15) is 0 Å². The van der Waals surface area contributed by atoms with Crippen molar-refractivity contribution in [2.24, 2.45) is 0 Å². The van der Waals surface area contributed by atoms with E-state index in [-0.39, 0.29) is 5.39 Å². The van der Waals surface area contributed by atoms with Crippen LogP contribution >= 0.6 is 0 Å². The van der Waals surface area contributed by atoms with Gasteiger partial charge in [-0.05, 0) is 11.5 Å². The second kappa shape index (κ2) is 4.02. The number of hydrogen-bond donors (Lipinski definition) is 2. The zero-order valence-electron chi connectivity index (χ0n) is 8.73. The Morgan fingerprint density at radius 1 is 0.944 bits per heavy atom. The number of benzene rings is 2. The third kappa shape index (κ3) is 2.23. The van der Waals surface area contributed by atoms with Crippen LogP contribution in [-0.2, 0) is 20.2 Å². The molecule has 6 nitrogen and oxygen atoms in total. The molecule has 8 heteroatoms. The van der Waals surface area contributed by atoms with Crippen LogP contribution in [-0.4, -0.2) is 25.9 Å². The maximum atomic E-state index is 11.3. The number of fused-ring (bicyclic) bond motifs is 1. The van der Waals surface area contributed by atoms with Crippen LogP contribution < -0.4 is 0 Å². The summed E-state index contributed by atoms with van der Waals surface area (Å²) < 4.78 is 62.8. The predicted octanol–water partition coefficient (Wildman–Crippen LogP) is 1.13. The van der Waals surface area contributed by atoms with Crippen LogP contribution in [0.3, 0.4) is 0 Å². The molecule has 2 N–H and O–H groups in total. The Morgan fingerprint density at radius 3 is 2.11 bits per heavy atom. The predicted molar refractivity (Wildman–Crippen MR) is 62.4 cm³/mol. The van der Waals surface area contributed by atoms with E-state index in [1.807, 2.05) is 0 Å². The molecular formula is C10H7O6S2. The minimum atomic E-state index is -4.81.